The van der Waals surface area contributed by atoms with Crippen LogP contribution in [-0.4, -0.2) is 33.6 Å². The van der Waals surface area contributed by atoms with E-state index in [0.29, 0.717) is 31.2 Å². The van der Waals surface area contributed by atoms with Crippen LogP contribution in [0, 0.1) is 0 Å². The molecule has 0 saturated carbocycles. The number of halogens is 1. The second-order valence-corrected chi connectivity index (χ2v) is 8.19. The van der Waals surface area contributed by atoms with Crippen LogP contribution in [0.2, 0.25) is 5.02 Å². The Kier molecular flexibility index (Phi) is 7.22. The fourth-order valence-corrected chi connectivity index (χ4v) is 3.87. The van der Waals surface area contributed by atoms with E-state index in [1.165, 1.54) is 0 Å². The van der Waals surface area contributed by atoms with Gasteiger partial charge in [-0.05, 0) is 43.0 Å². The van der Waals surface area contributed by atoms with E-state index in [1.807, 2.05) is 61.5 Å². The summed E-state index contributed by atoms with van der Waals surface area (Å²) in [6.45, 7) is 7.61. The minimum atomic E-state index is -0.878. The molecule has 3 rings (SSSR count). The summed E-state index contributed by atoms with van der Waals surface area (Å²) >= 11 is 6.41. The van der Waals surface area contributed by atoms with Crippen LogP contribution in [0.4, 0.5) is 0 Å². The molecular formula is C25H29ClN2O2. The van der Waals surface area contributed by atoms with Gasteiger partial charge in [-0.2, -0.15) is 0 Å². The lowest BCUT2D eigenvalue weighted by molar-refractivity contribution is -0.132. The molecule has 158 valence electrons. The zero-order valence-electron chi connectivity index (χ0n) is 17.8. The van der Waals surface area contributed by atoms with Crippen molar-refractivity contribution >= 4 is 17.6 Å². The van der Waals surface area contributed by atoms with Crippen molar-refractivity contribution in [3.8, 4) is 0 Å². The van der Waals surface area contributed by atoms with E-state index in [-0.39, 0.29) is 0 Å². The minimum Gasteiger partial charge on any atom is -0.478 e. The number of carbonyl (C=O) groups is 1. The lowest BCUT2D eigenvalue weighted by atomic mass is 9.98. The van der Waals surface area contributed by atoms with Gasteiger partial charge < -0.3 is 14.9 Å². The van der Waals surface area contributed by atoms with E-state index in [0.717, 1.165) is 33.8 Å². The van der Waals surface area contributed by atoms with Crippen molar-refractivity contribution in [3.63, 3.8) is 0 Å². The van der Waals surface area contributed by atoms with Gasteiger partial charge in [0.25, 0.3) is 0 Å². The smallest absolute Gasteiger partial charge is 0.332 e. The van der Waals surface area contributed by atoms with Crippen LogP contribution in [0.5, 0.6) is 0 Å². The van der Waals surface area contributed by atoms with Crippen molar-refractivity contribution in [1.29, 1.82) is 0 Å². The largest absolute Gasteiger partial charge is 0.478 e. The van der Waals surface area contributed by atoms with Crippen molar-refractivity contribution in [3.05, 3.63) is 93.8 Å². The summed E-state index contributed by atoms with van der Waals surface area (Å²) < 4.78 is 0. The molecule has 1 heterocycles. The SMILES string of the molecule is CCC(C)N1C=C(C(C)=C(Cc2ccccc2)C(=O)O)N(Cc2ccccc2Cl)C1. The lowest BCUT2D eigenvalue weighted by Crippen LogP contribution is -2.32. The van der Waals surface area contributed by atoms with Gasteiger partial charge in [-0.15, -0.1) is 0 Å². The van der Waals surface area contributed by atoms with Crippen molar-refractivity contribution in [1.82, 2.24) is 9.80 Å². The van der Waals surface area contributed by atoms with Gasteiger partial charge in [0.2, 0.25) is 0 Å². The Morgan fingerprint density at radius 3 is 2.43 bits per heavy atom. The first-order valence-electron chi connectivity index (χ1n) is 10.3. The Balaban J connectivity index is 1.98. The van der Waals surface area contributed by atoms with E-state index in [1.54, 1.807) is 0 Å². The van der Waals surface area contributed by atoms with E-state index in [2.05, 4.69) is 29.8 Å². The molecule has 2 aromatic rings. The molecule has 0 saturated heterocycles. The molecule has 1 N–H and O–H groups in total. The number of benzene rings is 2. The van der Waals surface area contributed by atoms with Crippen LogP contribution >= 0.6 is 11.6 Å². The van der Waals surface area contributed by atoms with Crippen LogP contribution in [0.15, 0.2) is 77.6 Å². The standard InChI is InChI=1S/C25H29ClN2O2/c1-4-18(2)27-16-24(28(17-27)15-21-12-8-9-13-23(21)26)19(3)22(25(29)30)14-20-10-6-5-7-11-20/h5-13,16,18H,4,14-15,17H2,1-3H3,(H,29,30). The van der Waals surface area contributed by atoms with E-state index in [9.17, 15) is 9.90 Å². The number of carboxylic acids is 1. The normalized spacial score (nSPS) is 15.7. The maximum atomic E-state index is 12.2. The Bertz CT molecular complexity index is 953. The third kappa shape index (κ3) is 5.06. The summed E-state index contributed by atoms with van der Waals surface area (Å²) in [7, 11) is 0. The van der Waals surface area contributed by atoms with Gasteiger partial charge in [-0.3, -0.25) is 0 Å². The van der Waals surface area contributed by atoms with Crippen molar-refractivity contribution in [2.24, 2.45) is 0 Å². The Morgan fingerprint density at radius 2 is 1.80 bits per heavy atom. The monoisotopic (exact) mass is 424 g/mol. The number of aliphatic carboxylic acids is 1. The van der Waals surface area contributed by atoms with Gasteiger partial charge in [0.1, 0.15) is 0 Å². The Morgan fingerprint density at radius 1 is 1.13 bits per heavy atom. The molecule has 1 aliphatic heterocycles. The molecule has 5 heteroatoms. The molecule has 0 spiro atoms. The molecule has 1 atom stereocenters. The van der Waals surface area contributed by atoms with Crippen LogP contribution in [-0.2, 0) is 17.8 Å². The van der Waals surface area contributed by atoms with Crippen LogP contribution in [0.25, 0.3) is 0 Å². The van der Waals surface area contributed by atoms with E-state index < -0.39 is 5.97 Å². The maximum Gasteiger partial charge on any atom is 0.332 e. The molecule has 2 aromatic carbocycles. The molecule has 0 aromatic heterocycles. The van der Waals surface area contributed by atoms with E-state index >= 15 is 0 Å². The first kappa shape index (κ1) is 22.0. The summed E-state index contributed by atoms with van der Waals surface area (Å²) in [4.78, 5) is 16.6. The first-order valence-corrected chi connectivity index (χ1v) is 10.7. The zero-order valence-corrected chi connectivity index (χ0v) is 18.6. The van der Waals surface area contributed by atoms with Gasteiger partial charge in [-0.1, -0.05) is 67.1 Å². The third-order valence-corrected chi connectivity index (χ3v) is 6.13. The number of nitrogens with zero attached hydrogens (tertiary/aromatic N) is 2. The average Bonchev–Trinajstić information content (AvgIpc) is 3.17. The van der Waals surface area contributed by atoms with Gasteiger partial charge in [0.05, 0.1) is 12.4 Å². The highest BCUT2D eigenvalue weighted by atomic mass is 35.5. The zero-order chi connectivity index (χ0) is 21.7. The molecule has 0 fully saturated rings. The fraction of sp³-hybridized carbons (Fsp3) is 0.320. The minimum absolute atomic E-state index is 0.367. The summed E-state index contributed by atoms with van der Waals surface area (Å²) in [5.74, 6) is -0.878. The first-order chi connectivity index (χ1) is 14.4. The molecule has 0 aliphatic carbocycles. The highest BCUT2D eigenvalue weighted by Crippen LogP contribution is 2.31. The molecule has 1 aliphatic rings. The number of hydrogen-bond acceptors (Lipinski definition) is 3. The van der Waals surface area contributed by atoms with E-state index in [4.69, 9.17) is 11.6 Å². The number of rotatable bonds is 8. The summed E-state index contributed by atoms with van der Waals surface area (Å²) in [6.07, 6.45) is 3.51. The van der Waals surface area contributed by atoms with Gasteiger partial charge in [0.15, 0.2) is 0 Å². The lowest BCUT2D eigenvalue weighted by Gasteiger charge is -2.28. The third-order valence-electron chi connectivity index (χ3n) is 5.76. The van der Waals surface area contributed by atoms with Crippen molar-refractivity contribution in [2.45, 2.75) is 46.2 Å². The maximum absolute atomic E-state index is 12.2. The summed E-state index contributed by atoms with van der Waals surface area (Å²) in [5, 5.41) is 10.7. The topological polar surface area (TPSA) is 43.8 Å². The molecule has 0 radical (unpaired) electrons. The van der Waals surface area contributed by atoms with Crippen LogP contribution in [0.1, 0.15) is 38.3 Å². The van der Waals surface area contributed by atoms with Gasteiger partial charge in [-0.25, -0.2) is 4.79 Å². The second kappa shape index (κ2) is 9.86. The number of allylic oxidation sites excluding steroid dienone is 1. The van der Waals surface area contributed by atoms with Gasteiger partial charge in [0, 0.05) is 35.8 Å². The Hall–Kier alpha value is -2.72. The van der Waals surface area contributed by atoms with Gasteiger partial charge >= 0.3 is 5.97 Å². The highest BCUT2D eigenvalue weighted by Gasteiger charge is 2.27. The Labute approximate surface area is 184 Å². The molecule has 1 unspecified atom stereocenters. The van der Waals surface area contributed by atoms with Crippen molar-refractivity contribution in [2.75, 3.05) is 6.67 Å². The molecular weight excluding hydrogens is 396 g/mol. The van der Waals surface area contributed by atoms with Crippen LogP contribution < -0.4 is 0 Å². The molecule has 30 heavy (non-hydrogen) atoms. The predicted molar refractivity (Wildman–Crippen MR) is 122 cm³/mol. The highest BCUT2D eigenvalue weighted by molar-refractivity contribution is 6.31. The summed E-state index contributed by atoms with van der Waals surface area (Å²) in [5.41, 5.74) is 4.18. The molecule has 4 nitrogen and oxygen atoms in total. The molecule has 0 bridgehead atoms. The average molecular weight is 425 g/mol. The predicted octanol–water partition coefficient (Wildman–Crippen LogP) is 5.70. The van der Waals surface area contributed by atoms with Crippen molar-refractivity contribution < 1.29 is 9.90 Å². The quantitative estimate of drug-likeness (QED) is 0.552. The fourth-order valence-electron chi connectivity index (χ4n) is 3.68. The van der Waals surface area contributed by atoms with Crippen LogP contribution in [0.3, 0.4) is 0 Å². The second-order valence-electron chi connectivity index (χ2n) is 7.79. The molecule has 0 amide bonds. The summed E-state index contributed by atoms with van der Waals surface area (Å²) in [6, 6.07) is 17.9. The number of carboxylic acid groups (broad SMARTS) is 1. The number of hydrogen-bond donors (Lipinski definition) is 1.